The van der Waals surface area contributed by atoms with Crippen molar-refractivity contribution in [3.63, 3.8) is 0 Å². The van der Waals surface area contributed by atoms with Gasteiger partial charge in [-0.1, -0.05) is 32.4 Å². The van der Waals surface area contributed by atoms with E-state index in [1.54, 1.807) is 18.3 Å². The van der Waals surface area contributed by atoms with Gasteiger partial charge in [-0.25, -0.2) is 4.39 Å². The second kappa shape index (κ2) is 6.19. The molecule has 0 fully saturated rings. The standard InChI is InChI=1S/C19H21ClFN3/c1-19(2,3)11-24-10-12(8-22)14-6-17(21)15(7-18(14)24)13-4-5-23-9-16(13)20/h4-7,9-10H,8,11,22H2,1-3H3. The molecule has 0 amide bonds. The molecule has 3 rings (SSSR count). The lowest BCUT2D eigenvalue weighted by Crippen LogP contribution is -2.14. The highest BCUT2D eigenvalue weighted by atomic mass is 35.5. The van der Waals surface area contributed by atoms with Crippen molar-refractivity contribution in [3.8, 4) is 11.1 Å². The summed E-state index contributed by atoms with van der Waals surface area (Å²) >= 11 is 6.20. The first-order valence-corrected chi connectivity index (χ1v) is 8.29. The third-order valence-electron chi connectivity index (χ3n) is 3.98. The second-order valence-electron chi connectivity index (χ2n) is 7.25. The summed E-state index contributed by atoms with van der Waals surface area (Å²) < 4.78 is 16.9. The van der Waals surface area contributed by atoms with Crippen LogP contribution in [0.5, 0.6) is 0 Å². The van der Waals surface area contributed by atoms with Crippen molar-refractivity contribution in [1.29, 1.82) is 0 Å². The number of nitrogens with two attached hydrogens (primary N) is 1. The van der Waals surface area contributed by atoms with Crippen LogP contribution >= 0.6 is 11.6 Å². The Morgan fingerprint density at radius 3 is 2.62 bits per heavy atom. The van der Waals surface area contributed by atoms with E-state index >= 15 is 0 Å². The minimum atomic E-state index is -0.307. The second-order valence-corrected chi connectivity index (χ2v) is 7.66. The van der Waals surface area contributed by atoms with Crippen LogP contribution in [0.4, 0.5) is 4.39 Å². The van der Waals surface area contributed by atoms with E-state index in [9.17, 15) is 4.39 Å². The molecule has 0 aliphatic rings. The fraction of sp³-hybridized carbons (Fsp3) is 0.316. The molecule has 2 aromatic heterocycles. The zero-order valence-electron chi connectivity index (χ0n) is 14.1. The van der Waals surface area contributed by atoms with E-state index in [2.05, 4.69) is 30.3 Å². The normalized spacial score (nSPS) is 12.1. The molecule has 0 unspecified atom stereocenters. The lowest BCUT2D eigenvalue weighted by molar-refractivity contribution is 0.349. The van der Waals surface area contributed by atoms with Gasteiger partial charge in [-0.3, -0.25) is 4.98 Å². The summed E-state index contributed by atoms with van der Waals surface area (Å²) in [6.07, 6.45) is 5.16. The van der Waals surface area contributed by atoms with E-state index in [-0.39, 0.29) is 11.2 Å². The predicted octanol–water partition coefficient (Wildman–Crippen LogP) is 5.00. The molecule has 0 aliphatic heterocycles. The maximum absolute atomic E-state index is 14.7. The molecule has 3 aromatic rings. The van der Waals surface area contributed by atoms with Crippen LogP contribution in [0.2, 0.25) is 5.02 Å². The summed E-state index contributed by atoms with van der Waals surface area (Å²) in [6, 6.07) is 5.15. The molecular weight excluding hydrogens is 325 g/mol. The molecule has 3 nitrogen and oxygen atoms in total. The molecule has 0 aliphatic carbocycles. The molecule has 0 atom stereocenters. The summed E-state index contributed by atoms with van der Waals surface area (Å²) in [7, 11) is 0. The SMILES string of the molecule is CC(C)(C)Cn1cc(CN)c2cc(F)c(-c3ccncc3Cl)cc21. The lowest BCUT2D eigenvalue weighted by atomic mass is 9.96. The van der Waals surface area contributed by atoms with Crippen molar-refractivity contribution >= 4 is 22.5 Å². The van der Waals surface area contributed by atoms with E-state index in [0.717, 1.165) is 23.0 Å². The van der Waals surface area contributed by atoms with Gasteiger partial charge < -0.3 is 10.3 Å². The first-order chi connectivity index (χ1) is 11.3. The van der Waals surface area contributed by atoms with Gasteiger partial charge in [-0.2, -0.15) is 0 Å². The van der Waals surface area contributed by atoms with Gasteiger partial charge in [0.15, 0.2) is 0 Å². The topological polar surface area (TPSA) is 43.8 Å². The maximum Gasteiger partial charge on any atom is 0.131 e. The van der Waals surface area contributed by atoms with Gasteiger partial charge in [-0.05, 0) is 29.2 Å². The average Bonchev–Trinajstić information content (AvgIpc) is 2.82. The molecule has 0 spiro atoms. The summed E-state index contributed by atoms with van der Waals surface area (Å²) in [5.41, 5.74) is 8.98. The molecule has 2 N–H and O–H groups in total. The van der Waals surface area contributed by atoms with Gasteiger partial charge in [0.05, 0.1) is 5.02 Å². The van der Waals surface area contributed by atoms with Crippen LogP contribution in [-0.4, -0.2) is 9.55 Å². The Kier molecular flexibility index (Phi) is 4.37. The zero-order valence-corrected chi connectivity index (χ0v) is 14.9. The fourth-order valence-electron chi connectivity index (χ4n) is 2.99. The highest BCUT2D eigenvalue weighted by molar-refractivity contribution is 6.33. The van der Waals surface area contributed by atoms with Crippen LogP contribution in [0.1, 0.15) is 26.3 Å². The number of fused-ring (bicyclic) bond motifs is 1. The number of rotatable bonds is 3. The molecule has 0 saturated heterocycles. The molecule has 2 heterocycles. The van der Waals surface area contributed by atoms with Crippen molar-refractivity contribution in [2.45, 2.75) is 33.9 Å². The monoisotopic (exact) mass is 345 g/mol. The van der Waals surface area contributed by atoms with Gasteiger partial charge in [-0.15, -0.1) is 0 Å². The van der Waals surface area contributed by atoms with Crippen LogP contribution in [-0.2, 0) is 13.1 Å². The summed E-state index contributed by atoms with van der Waals surface area (Å²) in [5, 5.41) is 1.29. The van der Waals surface area contributed by atoms with Crippen molar-refractivity contribution in [3.05, 3.63) is 53.2 Å². The number of pyridine rings is 1. The third-order valence-corrected chi connectivity index (χ3v) is 4.28. The van der Waals surface area contributed by atoms with Crippen LogP contribution in [0.15, 0.2) is 36.8 Å². The zero-order chi connectivity index (χ0) is 17.5. The van der Waals surface area contributed by atoms with E-state index in [1.807, 2.05) is 12.3 Å². The Hall–Kier alpha value is -1.91. The van der Waals surface area contributed by atoms with E-state index in [4.69, 9.17) is 17.3 Å². The van der Waals surface area contributed by atoms with Gasteiger partial charge >= 0.3 is 0 Å². The predicted molar refractivity (Wildman–Crippen MR) is 97.5 cm³/mol. The number of benzene rings is 1. The van der Waals surface area contributed by atoms with Gasteiger partial charge in [0.25, 0.3) is 0 Å². The molecular formula is C19H21ClFN3. The van der Waals surface area contributed by atoms with E-state index in [1.165, 1.54) is 6.20 Å². The third kappa shape index (κ3) is 3.17. The Labute approximate surface area is 146 Å². The minimum absolute atomic E-state index is 0.0979. The fourth-order valence-corrected chi connectivity index (χ4v) is 3.21. The Morgan fingerprint density at radius 2 is 2.00 bits per heavy atom. The van der Waals surface area contributed by atoms with Gasteiger partial charge in [0, 0.05) is 53.7 Å². The van der Waals surface area contributed by atoms with Crippen molar-refractivity contribution in [1.82, 2.24) is 9.55 Å². The Morgan fingerprint density at radius 1 is 1.25 bits per heavy atom. The molecule has 1 aromatic carbocycles. The van der Waals surface area contributed by atoms with Crippen molar-refractivity contribution < 1.29 is 4.39 Å². The molecule has 126 valence electrons. The smallest absolute Gasteiger partial charge is 0.131 e. The molecule has 0 bridgehead atoms. The van der Waals surface area contributed by atoms with Crippen molar-refractivity contribution in [2.24, 2.45) is 11.1 Å². The Balaban J connectivity index is 2.25. The number of nitrogens with zero attached hydrogens (tertiary/aromatic N) is 2. The quantitative estimate of drug-likeness (QED) is 0.725. The highest BCUT2D eigenvalue weighted by Crippen LogP contribution is 2.34. The summed E-state index contributed by atoms with van der Waals surface area (Å²) in [4.78, 5) is 3.97. The first-order valence-electron chi connectivity index (χ1n) is 7.91. The average molecular weight is 346 g/mol. The number of halogens is 2. The largest absolute Gasteiger partial charge is 0.347 e. The maximum atomic E-state index is 14.7. The van der Waals surface area contributed by atoms with Crippen LogP contribution in [0.25, 0.3) is 22.0 Å². The molecule has 0 radical (unpaired) electrons. The van der Waals surface area contributed by atoms with Crippen LogP contribution in [0.3, 0.4) is 0 Å². The Bertz CT molecular complexity index is 893. The summed E-state index contributed by atoms with van der Waals surface area (Å²) in [5.74, 6) is -0.307. The van der Waals surface area contributed by atoms with Crippen molar-refractivity contribution in [2.75, 3.05) is 0 Å². The van der Waals surface area contributed by atoms with E-state index in [0.29, 0.717) is 22.7 Å². The van der Waals surface area contributed by atoms with Crippen LogP contribution in [0, 0.1) is 11.2 Å². The highest BCUT2D eigenvalue weighted by Gasteiger charge is 2.18. The molecule has 0 saturated carbocycles. The number of hydrogen-bond donors (Lipinski definition) is 1. The summed E-state index contributed by atoms with van der Waals surface area (Å²) in [6.45, 7) is 7.71. The van der Waals surface area contributed by atoms with E-state index < -0.39 is 0 Å². The van der Waals surface area contributed by atoms with Gasteiger partial charge in [0.2, 0.25) is 0 Å². The minimum Gasteiger partial charge on any atom is -0.347 e. The molecule has 5 heteroatoms. The lowest BCUT2D eigenvalue weighted by Gasteiger charge is -2.20. The molecule has 24 heavy (non-hydrogen) atoms. The first kappa shape index (κ1) is 16.9. The number of hydrogen-bond acceptors (Lipinski definition) is 2. The van der Waals surface area contributed by atoms with Crippen LogP contribution < -0.4 is 5.73 Å². The van der Waals surface area contributed by atoms with Gasteiger partial charge in [0.1, 0.15) is 5.82 Å². The number of aromatic nitrogens is 2.